The molecular weight excluding hydrogens is 936 g/mol. The first-order valence-corrected chi connectivity index (χ1v) is 28.0. The highest BCUT2D eigenvalue weighted by atomic mass is 31.2. The Bertz CT molecular complexity index is 1400. The molecule has 71 heavy (non-hydrogen) atoms. The average Bonchev–Trinajstić information content (AvgIpc) is 3.38. The van der Waals surface area contributed by atoms with Gasteiger partial charge in [-0.05, 0) is 84.7 Å². The highest BCUT2D eigenvalue weighted by Crippen LogP contribution is 2.42. The van der Waals surface area contributed by atoms with Gasteiger partial charge in [0.25, 0.3) is 0 Å². The summed E-state index contributed by atoms with van der Waals surface area (Å²) in [7, 11) is -4.21. The molecule has 4 atom stereocenters. The smallest absolute Gasteiger partial charge is 0.472 e. The van der Waals surface area contributed by atoms with E-state index in [9.17, 15) is 9.46 Å². The van der Waals surface area contributed by atoms with Gasteiger partial charge in [0.2, 0.25) is 0 Å². The van der Waals surface area contributed by atoms with Gasteiger partial charge < -0.3 is 61.7 Å². The average molecular weight is 1030 g/mol. The monoisotopic (exact) mass is 1030 g/mol. The van der Waals surface area contributed by atoms with Crippen molar-refractivity contribution in [2.24, 2.45) is 11.8 Å². The van der Waals surface area contributed by atoms with Crippen LogP contribution in [0.3, 0.4) is 0 Å². The number of hydrogen-bond acceptors (Lipinski definition) is 15. The summed E-state index contributed by atoms with van der Waals surface area (Å²) in [5, 5.41) is 0. The molecule has 0 radical (unpaired) electrons. The molecule has 0 saturated carbocycles. The first-order chi connectivity index (χ1) is 34.7. The van der Waals surface area contributed by atoms with E-state index < -0.39 is 7.82 Å². The summed E-state index contributed by atoms with van der Waals surface area (Å²) in [6, 6.07) is 17.0. The van der Waals surface area contributed by atoms with E-state index in [2.05, 4.69) is 90.1 Å². The van der Waals surface area contributed by atoms with E-state index in [0.29, 0.717) is 144 Å². The fourth-order valence-corrected chi connectivity index (χ4v) is 7.81. The number of phosphoric ester groups is 1. The minimum Gasteiger partial charge on any atom is -0.491 e. The molecule has 4 unspecified atom stereocenters. The molecule has 0 bridgehead atoms. The number of hydrogen-bond donors (Lipinski definition) is 1. The van der Waals surface area contributed by atoms with Crippen LogP contribution in [-0.4, -0.2) is 163 Å². The molecule has 0 fully saturated rings. The van der Waals surface area contributed by atoms with Gasteiger partial charge in [-0.15, -0.1) is 0 Å². The summed E-state index contributed by atoms with van der Waals surface area (Å²) < 4.78 is 88.7. The second kappa shape index (κ2) is 45.2. The van der Waals surface area contributed by atoms with Gasteiger partial charge in [-0.3, -0.25) is 9.05 Å². The van der Waals surface area contributed by atoms with Gasteiger partial charge in [0, 0.05) is 0 Å². The first-order valence-electron chi connectivity index (χ1n) is 26.6. The summed E-state index contributed by atoms with van der Waals surface area (Å²) >= 11 is 0. The van der Waals surface area contributed by atoms with Crippen LogP contribution in [0.4, 0.5) is 0 Å². The molecular formula is C54H95O16P. The SMILES string of the molecule is CCC(C)CCC(CC)c1ccc(OCCOCCOCCOCCOCCOCCOP(=O)(O)OCCOCCOCCOCCOCCOCCOc2ccc(C(CC)CCC(C)CC)cc2)cc1. The molecule has 2 rings (SSSR count). The summed E-state index contributed by atoms with van der Waals surface area (Å²) in [5.74, 6) is 4.49. The van der Waals surface area contributed by atoms with Crippen molar-refractivity contribution in [3.8, 4) is 11.5 Å². The van der Waals surface area contributed by atoms with Crippen LogP contribution in [0.1, 0.15) is 116 Å². The lowest BCUT2D eigenvalue weighted by Gasteiger charge is -2.18. The quantitative estimate of drug-likeness (QED) is 0.0491. The summed E-state index contributed by atoms with van der Waals surface area (Å²) in [4.78, 5) is 9.84. The van der Waals surface area contributed by atoms with Crippen molar-refractivity contribution in [2.45, 2.75) is 105 Å². The molecule has 0 aliphatic rings. The Kier molecular flexibility index (Phi) is 41.3. The third-order valence-corrected chi connectivity index (χ3v) is 13.0. The second-order valence-corrected chi connectivity index (χ2v) is 18.9. The van der Waals surface area contributed by atoms with Gasteiger partial charge in [-0.25, -0.2) is 4.57 Å². The van der Waals surface area contributed by atoms with Gasteiger partial charge in [-0.1, -0.05) is 91.5 Å². The van der Waals surface area contributed by atoms with Crippen molar-refractivity contribution in [1.82, 2.24) is 0 Å². The molecule has 16 nitrogen and oxygen atoms in total. The third kappa shape index (κ3) is 36.4. The zero-order chi connectivity index (χ0) is 51.3. The predicted molar refractivity (Wildman–Crippen MR) is 277 cm³/mol. The fourth-order valence-electron chi connectivity index (χ4n) is 7.13. The Morgan fingerprint density at radius 2 is 0.592 bits per heavy atom. The molecule has 0 spiro atoms. The highest BCUT2D eigenvalue weighted by Gasteiger charge is 2.20. The van der Waals surface area contributed by atoms with Crippen molar-refractivity contribution < 1.29 is 75.3 Å². The van der Waals surface area contributed by atoms with Crippen LogP contribution < -0.4 is 9.47 Å². The Morgan fingerprint density at radius 1 is 0.352 bits per heavy atom. The molecule has 17 heteroatoms. The van der Waals surface area contributed by atoms with Crippen LogP contribution >= 0.6 is 7.82 Å². The largest absolute Gasteiger partial charge is 0.491 e. The van der Waals surface area contributed by atoms with Crippen molar-refractivity contribution in [3.63, 3.8) is 0 Å². The van der Waals surface area contributed by atoms with Crippen LogP contribution in [0.15, 0.2) is 48.5 Å². The number of benzene rings is 2. The van der Waals surface area contributed by atoms with Crippen LogP contribution in [0.25, 0.3) is 0 Å². The van der Waals surface area contributed by atoms with Crippen LogP contribution in [0.2, 0.25) is 0 Å². The Balaban J connectivity index is 1.25. The Labute approximate surface area is 428 Å². The van der Waals surface area contributed by atoms with Crippen LogP contribution in [0, 0.1) is 11.8 Å². The molecule has 2 aromatic rings. The van der Waals surface area contributed by atoms with Gasteiger partial charge in [0.1, 0.15) is 24.7 Å². The molecule has 0 aliphatic heterocycles. The van der Waals surface area contributed by atoms with Gasteiger partial charge in [-0.2, -0.15) is 0 Å². The van der Waals surface area contributed by atoms with E-state index in [1.54, 1.807) is 0 Å². The molecule has 0 saturated heterocycles. The third-order valence-electron chi connectivity index (χ3n) is 12.0. The maximum absolute atomic E-state index is 12.1. The predicted octanol–water partition coefficient (Wildman–Crippen LogP) is 10.1. The zero-order valence-electron chi connectivity index (χ0n) is 44.6. The van der Waals surface area contributed by atoms with Crippen molar-refractivity contribution in [2.75, 3.05) is 159 Å². The lowest BCUT2D eigenvalue weighted by atomic mass is 9.88. The lowest BCUT2D eigenvalue weighted by Crippen LogP contribution is -2.15. The van der Waals surface area contributed by atoms with Gasteiger partial charge in [0.05, 0.1) is 145 Å². The summed E-state index contributed by atoms with van der Waals surface area (Å²) in [5.41, 5.74) is 2.78. The standard InChI is InChI=1S/C54H95O16P/c1-7-47(5)11-13-49(9-3)51-15-19-53(20-16-51)67-43-39-63-35-31-59-27-23-57-25-29-61-33-37-65-41-45-69-71(55,56)70-46-42-66-38-34-62-30-26-58-24-28-60-32-36-64-40-44-68-54-21-17-52(18-22-54)50(10-4)14-12-48(6)8-2/h15-22,47-50H,7-14,23-46H2,1-6H3,(H,55,56). The number of rotatable bonds is 52. The second-order valence-electron chi connectivity index (χ2n) is 17.5. The minimum atomic E-state index is -4.21. The highest BCUT2D eigenvalue weighted by molar-refractivity contribution is 7.47. The van der Waals surface area contributed by atoms with Crippen molar-refractivity contribution in [1.29, 1.82) is 0 Å². The van der Waals surface area contributed by atoms with Gasteiger partial charge in [0.15, 0.2) is 0 Å². The number of ether oxygens (including phenoxy) is 12. The first kappa shape index (κ1) is 64.9. The van der Waals surface area contributed by atoms with E-state index in [-0.39, 0.29) is 26.4 Å². The van der Waals surface area contributed by atoms with Gasteiger partial charge >= 0.3 is 7.82 Å². The normalized spacial score (nSPS) is 14.3. The fraction of sp³-hybridized carbons (Fsp3) is 0.778. The molecule has 0 aromatic heterocycles. The Morgan fingerprint density at radius 3 is 0.831 bits per heavy atom. The van der Waals surface area contributed by atoms with Crippen LogP contribution in [-0.2, 0) is 61.0 Å². The maximum Gasteiger partial charge on any atom is 0.472 e. The Hall–Kier alpha value is -2.25. The zero-order valence-corrected chi connectivity index (χ0v) is 45.5. The molecule has 0 heterocycles. The molecule has 0 aliphatic carbocycles. The molecule has 1 N–H and O–H groups in total. The summed E-state index contributed by atoms with van der Waals surface area (Å²) in [6.07, 6.45) is 9.79. The molecule has 2 aromatic carbocycles. The van der Waals surface area contributed by atoms with E-state index in [1.165, 1.54) is 49.7 Å². The van der Waals surface area contributed by atoms with E-state index in [0.717, 1.165) is 36.2 Å². The van der Waals surface area contributed by atoms with E-state index in [4.69, 9.17) is 65.9 Å². The molecule has 0 amide bonds. The maximum atomic E-state index is 12.1. The van der Waals surface area contributed by atoms with E-state index >= 15 is 0 Å². The van der Waals surface area contributed by atoms with E-state index in [1.807, 2.05) is 0 Å². The summed E-state index contributed by atoms with van der Waals surface area (Å²) in [6.45, 7) is 22.5. The van der Waals surface area contributed by atoms with Crippen molar-refractivity contribution in [3.05, 3.63) is 59.7 Å². The topological polar surface area (TPSA) is 167 Å². The molecule has 412 valence electrons. The van der Waals surface area contributed by atoms with Crippen molar-refractivity contribution >= 4 is 7.82 Å². The minimum absolute atomic E-state index is 0.107. The lowest BCUT2D eigenvalue weighted by molar-refractivity contribution is -0.0166. The number of phosphoric acid groups is 1. The van der Waals surface area contributed by atoms with Crippen LogP contribution in [0.5, 0.6) is 11.5 Å².